The average molecular weight is 712 g/mol. The Morgan fingerprint density at radius 1 is 0.904 bits per heavy atom. The molecule has 0 radical (unpaired) electrons. The number of unbranched alkanes of at least 4 members (excludes halogenated alkanes) is 6. The topological polar surface area (TPSA) is 75.1 Å². The molecule has 5 rings (SSSR count). The van der Waals surface area contributed by atoms with E-state index in [0.717, 1.165) is 99.0 Å². The molecule has 3 heterocycles. The summed E-state index contributed by atoms with van der Waals surface area (Å²) in [6.45, 7) is 22.0. The quantitative estimate of drug-likeness (QED) is 0.148. The molecule has 1 atom stereocenters. The van der Waals surface area contributed by atoms with Gasteiger partial charge in [0.15, 0.2) is 6.10 Å². The standard InChI is InChI=1S/C45H65N3O4/c1-9-10-11-12-13-14-15-28-51-38-20-16-34(17-21-38)30-47-25-22-35-29-36(18-19-37(35)31-47)39-32(2)46-33(3)40(42(43(49)50)52-44(4,5)6)41(39)48-26-23-45(7,8)24-27-48/h16-21,29,42H,9-15,22-28,30-31H2,1-8H3,(H,49,50). The average Bonchev–Trinajstić information content (AvgIpc) is 3.08. The Morgan fingerprint density at radius 2 is 1.58 bits per heavy atom. The number of anilines is 1. The van der Waals surface area contributed by atoms with Crippen LogP contribution in [0.2, 0.25) is 0 Å². The van der Waals surface area contributed by atoms with Crippen molar-refractivity contribution in [1.29, 1.82) is 0 Å². The van der Waals surface area contributed by atoms with E-state index in [4.69, 9.17) is 14.5 Å². The lowest BCUT2D eigenvalue weighted by Crippen LogP contribution is -2.39. The normalized spacial score (nSPS) is 16.8. The number of hydrogen-bond acceptors (Lipinski definition) is 6. The largest absolute Gasteiger partial charge is 0.494 e. The molecular weight excluding hydrogens is 647 g/mol. The van der Waals surface area contributed by atoms with Crippen LogP contribution in [0.15, 0.2) is 42.5 Å². The zero-order valence-corrected chi connectivity index (χ0v) is 33.4. The highest BCUT2D eigenvalue weighted by Gasteiger charge is 2.36. The summed E-state index contributed by atoms with van der Waals surface area (Å²) in [5, 5.41) is 10.6. The first-order chi connectivity index (χ1) is 24.7. The van der Waals surface area contributed by atoms with Crippen LogP contribution in [0.4, 0.5) is 5.69 Å². The number of benzene rings is 2. The number of carboxylic acids is 1. The van der Waals surface area contributed by atoms with E-state index >= 15 is 0 Å². The van der Waals surface area contributed by atoms with Crippen LogP contribution in [-0.4, -0.2) is 52.8 Å². The number of aromatic nitrogens is 1. The zero-order valence-electron chi connectivity index (χ0n) is 33.4. The summed E-state index contributed by atoms with van der Waals surface area (Å²) in [6, 6.07) is 15.5. The second-order valence-electron chi connectivity index (χ2n) is 17.1. The summed E-state index contributed by atoms with van der Waals surface area (Å²) < 4.78 is 12.3. The van der Waals surface area contributed by atoms with Crippen molar-refractivity contribution in [1.82, 2.24) is 9.88 Å². The van der Waals surface area contributed by atoms with E-state index in [1.165, 1.54) is 55.2 Å². The van der Waals surface area contributed by atoms with E-state index in [1.807, 2.05) is 27.7 Å². The third-order valence-corrected chi connectivity index (χ3v) is 10.9. The van der Waals surface area contributed by atoms with Gasteiger partial charge in [0.1, 0.15) is 5.75 Å². The lowest BCUT2D eigenvalue weighted by Gasteiger charge is -2.41. The van der Waals surface area contributed by atoms with Gasteiger partial charge in [0.25, 0.3) is 0 Å². The Labute approximate surface area is 314 Å². The van der Waals surface area contributed by atoms with E-state index in [0.29, 0.717) is 5.56 Å². The van der Waals surface area contributed by atoms with Gasteiger partial charge in [0.2, 0.25) is 0 Å². The molecule has 0 spiro atoms. The first-order valence-corrected chi connectivity index (χ1v) is 20.0. The van der Waals surface area contributed by atoms with Crippen LogP contribution in [0, 0.1) is 19.3 Å². The second-order valence-corrected chi connectivity index (χ2v) is 17.1. The number of pyridine rings is 1. The molecule has 3 aromatic rings. The highest BCUT2D eigenvalue weighted by atomic mass is 16.5. The van der Waals surface area contributed by atoms with Crippen molar-refractivity contribution in [3.63, 3.8) is 0 Å². The molecule has 7 heteroatoms. The van der Waals surface area contributed by atoms with Gasteiger partial charge in [0.05, 0.1) is 17.9 Å². The van der Waals surface area contributed by atoms with Crippen molar-refractivity contribution in [3.8, 4) is 16.9 Å². The summed E-state index contributed by atoms with van der Waals surface area (Å²) in [5.41, 5.74) is 9.06. The van der Waals surface area contributed by atoms with Gasteiger partial charge in [-0.2, -0.15) is 0 Å². The van der Waals surface area contributed by atoms with Gasteiger partial charge in [-0.25, -0.2) is 4.79 Å². The SMILES string of the molecule is CCCCCCCCCOc1ccc(CN2CCc3cc(-c4c(C)nc(C)c(C(OC(C)(C)C)C(=O)O)c4N4CCC(C)(C)CC4)ccc3C2)cc1. The number of hydrogen-bond donors (Lipinski definition) is 1. The fraction of sp³-hybridized carbons (Fsp3) is 0.600. The van der Waals surface area contributed by atoms with Crippen molar-refractivity contribution in [3.05, 3.63) is 76.1 Å². The van der Waals surface area contributed by atoms with Crippen LogP contribution in [-0.2, 0) is 29.0 Å². The maximum atomic E-state index is 12.9. The Morgan fingerprint density at radius 3 is 2.23 bits per heavy atom. The molecule has 1 unspecified atom stereocenters. The molecule has 7 nitrogen and oxygen atoms in total. The van der Waals surface area contributed by atoms with E-state index in [1.54, 1.807) is 0 Å². The minimum absolute atomic E-state index is 0.252. The van der Waals surface area contributed by atoms with Gasteiger partial charge in [-0.15, -0.1) is 0 Å². The smallest absolute Gasteiger partial charge is 0.337 e. The third kappa shape index (κ3) is 10.6. The minimum Gasteiger partial charge on any atom is -0.494 e. The summed E-state index contributed by atoms with van der Waals surface area (Å²) in [7, 11) is 0. The highest BCUT2D eigenvalue weighted by molar-refractivity contribution is 5.88. The van der Waals surface area contributed by atoms with Crippen molar-refractivity contribution < 1.29 is 19.4 Å². The number of carbonyl (C=O) groups is 1. The molecule has 0 saturated carbocycles. The number of carboxylic acid groups (broad SMARTS) is 1. The van der Waals surface area contributed by atoms with E-state index < -0.39 is 17.7 Å². The summed E-state index contributed by atoms with van der Waals surface area (Å²) in [5.74, 6) is -0.0213. The summed E-state index contributed by atoms with van der Waals surface area (Å²) >= 11 is 0. The van der Waals surface area contributed by atoms with Crippen molar-refractivity contribution in [2.45, 2.75) is 144 Å². The number of ether oxygens (including phenoxy) is 2. The molecule has 0 aliphatic carbocycles. The van der Waals surface area contributed by atoms with Crippen molar-refractivity contribution in [2.24, 2.45) is 5.41 Å². The first kappa shape index (κ1) is 39.8. The Bertz CT molecular complexity index is 1630. The predicted molar refractivity (Wildman–Crippen MR) is 213 cm³/mol. The lowest BCUT2D eigenvalue weighted by molar-refractivity contribution is -0.160. The van der Waals surface area contributed by atoms with Crippen LogP contribution in [0.1, 0.15) is 139 Å². The monoisotopic (exact) mass is 711 g/mol. The second kappa shape index (κ2) is 17.6. The Hall–Kier alpha value is -3.42. The molecule has 1 fully saturated rings. The fourth-order valence-electron chi connectivity index (χ4n) is 7.86. The molecule has 0 bridgehead atoms. The molecule has 2 aliphatic heterocycles. The van der Waals surface area contributed by atoms with Crippen molar-refractivity contribution in [2.75, 3.05) is 31.1 Å². The van der Waals surface area contributed by atoms with E-state index in [-0.39, 0.29) is 5.41 Å². The van der Waals surface area contributed by atoms with E-state index in [2.05, 4.69) is 80.0 Å². The molecule has 1 aromatic heterocycles. The zero-order chi connectivity index (χ0) is 37.5. The van der Waals surface area contributed by atoms with Crippen LogP contribution >= 0.6 is 0 Å². The highest BCUT2D eigenvalue weighted by Crippen LogP contribution is 2.45. The first-order valence-electron chi connectivity index (χ1n) is 20.0. The molecule has 2 aliphatic rings. The van der Waals surface area contributed by atoms with Gasteiger partial charge >= 0.3 is 5.97 Å². The molecule has 0 amide bonds. The number of rotatable bonds is 16. The van der Waals surface area contributed by atoms with Gasteiger partial charge in [0, 0.05) is 55.2 Å². The van der Waals surface area contributed by atoms with Crippen LogP contribution in [0.5, 0.6) is 5.75 Å². The number of nitrogens with zero attached hydrogens (tertiary/aromatic N) is 3. The summed E-state index contributed by atoms with van der Waals surface area (Å²) in [6.07, 6.45) is 11.0. The number of piperidine rings is 1. The maximum Gasteiger partial charge on any atom is 0.337 e. The van der Waals surface area contributed by atoms with Gasteiger partial charge in [-0.05, 0) is 100 Å². The van der Waals surface area contributed by atoms with E-state index in [9.17, 15) is 9.90 Å². The molecule has 1 saturated heterocycles. The molecule has 284 valence electrons. The Balaban J connectivity index is 1.32. The molecule has 1 N–H and O–H groups in total. The van der Waals surface area contributed by atoms with Crippen molar-refractivity contribution >= 4 is 11.7 Å². The van der Waals surface area contributed by atoms with Crippen LogP contribution < -0.4 is 9.64 Å². The molecule has 52 heavy (non-hydrogen) atoms. The lowest BCUT2D eigenvalue weighted by atomic mass is 9.81. The Kier molecular flexibility index (Phi) is 13.5. The third-order valence-electron chi connectivity index (χ3n) is 10.9. The van der Waals surface area contributed by atoms with Gasteiger partial charge < -0.3 is 19.5 Å². The summed E-state index contributed by atoms with van der Waals surface area (Å²) in [4.78, 5) is 22.8. The maximum absolute atomic E-state index is 12.9. The molecule has 2 aromatic carbocycles. The molecular formula is C45H65N3O4. The number of aliphatic carboxylic acids is 1. The van der Waals surface area contributed by atoms with Gasteiger partial charge in [-0.3, -0.25) is 9.88 Å². The van der Waals surface area contributed by atoms with Crippen LogP contribution in [0.3, 0.4) is 0 Å². The van der Waals surface area contributed by atoms with Crippen LogP contribution in [0.25, 0.3) is 11.1 Å². The fourth-order valence-corrected chi connectivity index (χ4v) is 7.86. The number of fused-ring (bicyclic) bond motifs is 1. The minimum atomic E-state index is -1.12. The predicted octanol–water partition coefficient (Wildman–Crippen LogP) is 10.6. The van der Waals surface area contributed by atoms with Gasteiger partial charge in [-0.1, -0.05) is 89.6 Å². The number of aryl methyl sites for hydroxylation is 2.